The second-order valence-electron chi connectivity index (χ2n) is 11.0. The number of pyridine rings is 2. The minimum atomic E-state index is -4.48. The van der Waals surface area contributed by atoms with Crippen LogP contribution in [0.3, 0.4) is 0 Å². The van der Waals surface area contributed by atoms with Crippen molar-refractivity contribution in [1.29, 1.82) is 0 Å². The summed E-state index contributed by atoms with van der Waals surface area (Å²) in [4.78, 5) is 48.2. The minimum Gasteiger partial charge on any atom is -0.354 e. The van der Waals surface area contributed by atoms with Gasteiger partial charge in [-0.05, 0) is 66.1 Å². The molecule has 0 aliphatic rings. The molecule has 3 N–H and O–H groups in total. The van der Waals surface area contributed by atoms with E-state index in [1.165, 1.54) is 24.4 Å². The van der Waals surface area contributed by atoms with Crippen LogP contribution in [-0.2, 0) is 11.0 Å². The molecule has 5 aromatic rings. The van der Waals surface area contributed by atoms with Gasteiger partial charge in [0.1, 0.15) is 11.9 Å². The maximum absolute atomic E-state index is 13.3. The first-order valence-corrected chi connectivity index (χ1v) is 14.5. The number of rotatable bonds is 9. The first kappa shape index (κ1) is 31.8. The van der Waals surface area contributed by atoms with Crippen LogP contribution >= 0.6 is 0 Å². The number of amides is 3. The maximum Gasteiger partial charge on any atom is 0.416 e. The van der Waals surface area contributed by atoms with Crippen LogP contribution in [0.15, 0.2) is 103 Å². The summed E-state index contributed by atoms with van der Waals surface area (Å²) in [6.45, 7) is 4.43. The largest absolute Gasteiger partial charge is 0.416 e. The highest BCUT2D eigenvalue weighted by molar-refractivity contribution is 6.08. The monoisotopic (exact) mass is 625 g/mol. The number of hydrogen-bond donors (Lipinski definition) is 3. The van der Waals surface area contributed by atoms with E-state index in [1.54, 1.807) is 60.7 Å². The van der Waals surface area contributed by atoms with Crippen LogP contribution in [0.25, 0.3) is 22.2 Å². The van der Waals surface area contributed by atoms with Gasteiger partial charge in [-0.1, -0.05) is 56.3 Å². The number of hydrogen-bond acceptors (Lipinski definition) is 5. The molecule has 0 spiro atoms. The summed E-state index contributed by atoms with van der Waals surface area (Å²) < 4.78 is 39.0. The first-order valence-electron chi connectivity index (χ1n) is 14.5. The number of alkyl halides is 3. The van der Waals surface area contributed by atoms with Crippen LogP contribution in [0.1, 0.15) is 51.7 Å². The van der Waals surface area contributed by atoms with Crippen molar-refractivity contribution in [3.05, 3.63) is 126 Å². The number of carbonyl (C=O) groups is 3. The molecule has 0 fully saturated rings. The highest BCUT2D eigenvalue weighted by atomic mass is 19.4. The van der Waals surface area contributed by atoms with Gasteiger partial charge in [0.2, 0.25) is 5.91 Å². The molecule has 0 radical (unpaired) electrons. The molecule has 1 atom stereocenters. The molecule has 0 unspecified atom stereocenters. The van der Waals surface area contributed by atoms with Gasteiger partial charge in [0.25, 0.3) is 11.8 Å². The van der Waals surface area contributed by atoms with Crippen molar-refractivity contribution in [2.75, 3.05) is 11.9 Å². The lowest BCUT2D eigenvalue weighted by Crippen LogP contribution is -2.41. The highest BCUT2D eigenvalue weighted by Gasteiger charge is 2.30. The zero-order valence-corrected chi connectivity index (χ0v) is 24.9. The van der Waals surface area contributed by atoms with Gasteiger partial charge in [-0.3, -0.25) is 19.4 Å². The molecule has 0 aliphatic carbocycles. The second-order valence-corrected chi connectivity index (χ2v) is 11.0. The van der Waals surface area contributed by atoms with Crippen molar-refractivity contribution >= 4 is 34.4 Å². The summed E-state index contributed by atoms with van der Waals surface area (Å²) in [6.07, 6.45) is -3.03. The third-order valence-corrected chi connectivity index (χ3v) is 7.09. The number of nitrogens with zero attached hydrogens (tertiary/aromatic N) is 2. The van der Waals surface area contributed by atoms with Gasteiger partial charge in [0, 0.05) is 29.3 Å². The Kier molecular flexibility index (Phi) is 9.41. The Balaban J connectivity index is 1.32. The van der Waals surface area contributed by atoms with E-state index in [4.69, 9.17) is 0 Å². The average Bonchev–Trinajstić information content (AvgIpc) is 3.05. The summed E-state index contributed by atoms with van der Waals surface area (Å²) in [5.41, 5.74) is 1.39. The van der Waals surface area contributed by atoms with Crippen molar-refractivity contribution in [3.63, 3.8) is 0 Å². The molecule has 46 heavy (non-hydrogen) atoms. The van der Waals surface area contributed by atoms with Crippen LogP contribution in [0.2, 0.25) is 0 Å². The standard InChI is InChI=1S/C35H30F3N5O3/c1-21(2)20-40-34(46)31(22-7-4-3-5-8-22)43-32(44)25-12-16-28-24(19-25)13-17-29(41-28)42-33(45)27-9-6-18-39-30(27)23-10-14-26(15-11-23)35(36,37)38/h3-19,21,31H,20H2,1-2H3,(H,40,46)(H,43,44)(H,41,42,45)/t31-/m0/s1. The van der Waals surface area contributed by atoms with Crippen molar-refractivity contribution < 1.29 is 27.6 Å². The Hall–Kier alpha value is -5.58. The topological polar surface area (TPSA) is 113 Å². The molecule has 5 rings (SSSR count). The van der Waals surface area contributed by atoms with Gasteiger partial charge in [-0.2, -0.15) is 13.2 Å². The van der Waals surface area contributed by atoms with E-state index in [9.17, 15) is 27.6 Å². The molecule has 8 nitrogen and oxygen atoms in total. The third-order valence-electron chi connectivity index (χ3n) is 7.09. The molecule has 0 aliphatic heterocycles. The maximum atomic E-state index is 13.3. The van der Waals surface area contributed by atoms with Gasteiger partial charge < -0.3 is 16.0 Å². The summed E-state index contributed by atoms with van der Waals surface area (Å²) in [5, 5.41) is 9.05. The van der Waals surface area contributed by atoms with Crippen molar-refractivity contribution in [2.24, 2.45) is 5.92 Å². The highest BCUT2D eigenvalue weighted by Crippen LogP contribution is 2.31. The van der Waals surface area contributed by atoms with Gasteiger partial charge in [-0.15, -0.1) is 0 Å². The molecule has 11 heteroatoms. The quantitative estimate of drug-likeness (QED) is 0.167. The van der Waals surface area contributed by atoms with Crippen LogP contribution in [0.5, 0.6) is 0 Å². The predicted octanol–water partition coefficient (Wildman–Crippen LogP) is 6.81. The van der Waals surface area contributed by atoms with Crippen molar-refractivity contribution in [3.8, 4) is 11.3 Å². The number of fused-ring (bicyclic) bond motifs is 1. The smallest absolute Gasteiger partial charge is 0.354 e. The molecule has 3 aromatic carbocycles. The van der Waals surface area contributed by atoms with E-state index in [-0.39, 0.29) is 28.9 Å². The Morgan fingerprint density at radius 1 is 0.826 bits per heavy atom. The van der Waals surface area contributed by atoms with Crippen molar-refractivity contribution in [2.45, 2.75) is 26.1 Å². The predicted molar refractivity (Wildman–Crippen MR) is 169 cm³/mol. The fourth-order valence-electron chi connectivity index (χ4n) is 4.72. The molecule has 0 saturated heterocycles. The second kappa shape index (κ2) is 13.6. The third kappa shape index (κ3) is 7.55. The lowest BCUT2D eigenvalue weighted by Gasteiger charge is -2.20. The van der Waals surface area contributed by atoms with Crippen LogP contribution in [0.4, 0.5) is 19.0 Å². The van der Waals surface area contributed by atoms with E-state index >= 15 is 0 Å². The number of anilines is 1. The molecule has 2 heterocycles. The Morgan fingerprint density at radius 3 is 2.26 bits per heavy atom. The fourth-order valence-corrected chi connectivity index (χ4v) is 4.72. The number of benzene rings is 3. The lowest BCUT2D eigenvalue weighted by molar-refractivity contribution is -0.137. The Bertz CT molecular complexity index is 1880. The summed E-state index contributed by atoms with van der Waals surface area (Å²) in [7, 11) is 0. The molecular formula is C35H30F3N5O3. The summed E-state index contributed by atoms with van der Waals surface area (Å²) >= 11 is 0. The van der Waals surface area contributed by atoms with E-state index in [0.717, 1.165) is 12.1 Å². The molecule has 0 bridgehead atoms. The average molecular weight is 626 g/mol. The fraction of sp³-hybridized carbons (Fsp3) is 0.171. The van der Waals surface area contributed by atoms with Crippen LogP contribution in [-0.4, -0.2) is 34.2 Å². The van der Waals surface area contributed by atoms with E-state index in [2.05, 4.69) is 25.9 Å². The number of carbonyl (C=O) groups excluding carboxylic acids is 3. The zero-order chi connectivity index (χ0) is 32.8. The van der Waals surface area contributed by atoms with E-state index in [0.29, 0.717) is 34.1 Å². The Morgan fingerprint density at radius 2 is 1.57 bits per heavy atom. The van der Waals surface area contributed by atoms with Gasteiger partial charge >= 0.3 is 6.18 Å². The van der Waals surface area contributed by atoms with Crippen molar-refractivity contribution in [1.82, 2.24) is 20.6 Å². The van der Waals surface area contributed by atoms with Gasteiger partial charge in [0.05, 0.1) is 22.3 Å². The molecule has 2 aromatic heterocycles. The summed E-state index contributed by atoms with van der Waals surface area (Å²) in [6, 6.07) is 23.7. The number of halogens is 3. The zero-order valence-electron chi connectivity index (χ0n) is 24.9. The SMILES string of the molecule is CC(C)CNC(=O)[C@@H](NC(=O)c1ccc2nc(NC(=O)c3cccnc3-c3ccc(C(F)(F)F)cc3)ccc2c1)c1ccccc1. The number of nitrogens with one attached hydrogen (secondary N) is 3. The van der Waals surface area contributed by atoms with Crippen LogP contribution < -0.4 is 16.0 Å². The molecular weight excluding hydrogens is 595 g/mol. The van der Waals surface area contributed by atoms with Gasteiger partial charge in [0.15, 0.2) is 0 Å². The lowest BCUT2D eigenvalue weighted by atomic mass is 10.0. The first-order chi connectivity index (χ1) is 22.0. The minimum absolute atomic E-state index is 0.154. The number of aromatic nitrogens is 2. The summed E-state index contributed by atoms with van der Waals surface area (Å²) in [5.74, 6) is -0.841. The Labute approximate surface area is 263 Å². The molecule has 234 valence electrons. The van der Waals surface area contributed by atoms with Crippen LogP contribution in [0, 0.1) is 5.92 Å². The molecule has 3 amide bonds. The molecule has 0 saturated carbocycles. The normalized spacial score (nSPS) is 12.0. The van der Waals surface area contributed by atoms with E-state index in [1.807, 2.05) is 19.9 Å². The van der Waals surface area contributed by atoms with Gasteiger partial charge in [-0.25, -0.2) is 4.98 Å². The van der Waals surface area contributed by atoms with E-state index < -0.39 is 29.6 Å².